The number of piperidine rings is 1. The Morgan fingerprint density at radius 1 is 1.38 bits per heavy atom. The van der Waals surface area contributed by atoms with Crippen molar-refractivity contribution in [2.24, 2.45) is 11.8 Å². The maximum Gasteiger partial charge on any atom is 0.220 e. The van der Waals surface area contributed by atoms with Gasteiger partial charge < -0.3 is 10.6 Å². The summed E-state index contributed by atoms with van der Waals surface area (Å²) in [6.45, 7) is 9.29. The van der Waals surface area contributed by atoms with Gasteiger partial charge in [-0.3, -0.25) is 4.79 Å². The molecule has 1 saturated heterocycles. The summed E-state index contributed by atoms with van der Waals surface area (Å²) < 4.78 is 0. The Morgan fingerprint density at radius 3 is 2.62 bits per heavy atom. The van der Waals surface area contributed by atoms with E-state index in [1.165, 1.54) is 18.4 Å². The lowest BCUT2D eigenvalue weighted by molar-refractivity contribution is -0.122. The summed E-state index contributed by atoms with van der Waals surface area (Å²) in [4.78, 5) is 12.3. The Bertz CT molecular complexity index is 511. The van der Waals surface area contributed by atoms with Crippen LogP contribution in [0.25, 0.3) is 0 Å². The maximum atomic E-state index is 12.3. The Balaban J connectivity index is 0.00000288. The topological polar surface area (TPSA) is 41.1 Å². The first-order valence-corrected chi connectivity index (χ1v) is 9.00. The lowest BCUT2D eigenvalue weighted by Gasteiger charge is -2.29. The normalized spacial score (nSPS) is 19.2. The molecule has 24 heavy (non-hydrogen) atoms. The molecule has 2 unspecified atom stereocenters. The molecular weight excluding hydrogens is 343 g/mol. The third kappa shape index (κ3) is 6.27. The second-order valence-corrected chi connectivity index (χ2v) is 7.89. The molecule has 5 heteroatoms. The summed E-state index contributed by atoms with van der Waals surface area (Å²) >= 11 is 5.95. The van der Waals surface area contributed by atoms with Crippen LogP contribution in [-0.2, 0) is 10.2 Å². The number of halogens is 2. The average Bonchev–Trinajstić information content (AvgIpc) is 2.54. The van der Waals surface area contributed by atoms with Gasteiger partial charge in [-0.2, -0.15) is 0 Å². The van der Waals surface area contributed by atoms with Crippen LogP contribution in [0.1, 0.15) is 45.6 Å². The Kier molecular flexibility index (Phi) is 8.55. The number of hydrogen-bond acceptors (Lipinski definition) is 2. The quantitative estimate of drug-likeness (QED) is 0.785. The van der Waals surface area contributed by atoms with E-state index in [9.17, 15) is 4.79 Å². The van der Waals surface area contributed by atoms with Crippen LogP contribution in [-0.4, -0.2) is 25.5 Å². The maximum absolute atomic E-state index is 12.3. The SMILES string of the molecule is CC(CC(=O)NCC(C)(C)c1ccc(Cl)cc1)C1CCCNC1.Cl. The predicted molar refractivity (Wildman–Crippen MR) is 104 cm³/mol. The molecule has 1 aliphatic rings. The van der Waals surface area contributed by atoms with Gasteiger partial charge in [0.15, 0.2) is 0 Å². The van der Waals surface area contributed by atoms with Crippen LogP contribution in [0.4, 0.5) is 0 Å². The van der Waals surface area contributed by atoms with E-state index in [1.54, 1.807) is 0 Å². The first-order chi connectivity index (χ1) is 10.9. The van der Waals surface area contributed by atoms with Crippen molar-refractivity contribution in [3.63, 3.8) is 0 Å². The third-order valence-electron chi connectivity index (χ3n) is 5.00. The van der Waals surface area contributed by atoms with Crippen LogP contribution in [0.3, 0.4) is 0 Å². The highest BCUT2D eigenvalue weighted by Gasteiger charge is 2.24. The summed E-state index contributed by atoms with van der Waals surface area (Å²) in [5.41, 5.74) is 1.09. The molecular formula is C19H30Cl2N2O. The van der Waals surface area contributed by atoms with Gasteiger partial charge >= 0.3 is 0 Å². The Morgan fingerprint density at radius 2 is 2.04 bits per heavy atom. The van der Waals surface area contributed by atoms with Gasteiger partial charge in [-0.05, 0) is 55.5 Å². The van der Waals surface area contributed by atoms with Crippen molar-refractivity contribution in [2.75, 3.05) is 19.6 Å². The highest BCUT2D eigenvalue weighted by atomic mass is 35.5. The second-order valence-electron chi connectivity index (χ2n) is 7.46. The molecule has 2 atom stereocenters. The molecule has 0 aliphatic carbocycles. The Labute approximate surface area is 157 Å². The standard InChI is InChI=1S/C19H29ClN2O.ClH/c1-14(15-5-4-10-21-12-15)11-18(23)22-13-19(2,3)16-6-8-17(20)9-7-16;/h6-9,14-15,21H,4-5,10-13H2,1-3H3,(H,22,23);1H. The van der Waals surface area contributed by atoms with Crippen LogP contribution in [0.15, 0.2) is 24.3 Å². The first kappa shape index (κ1) is 21.3. The van der Waals surface area contributed by atoms with Crippen molar-refractivity contribution < 1.29 is 4.79 Å². The van der Waals surface area contributed by atoms with Gasteiger partial charge in [0.1, 0.15) is 0 Å². The van der Waals surface area contributed by atoms with E-state index in [2.05, 4.69) is 31.4 Å². The molecule has 136 valence electrons. The summed E-state index contributed by atoms with van der Waals surface area (Å²) in [6, 6.07) is 7.87. The highest BCUT2D eigenvalue weighted by Crippen LogP contribution is 2.25. The van der Waals surface area contributed by atoms with Gasteiger partial charge in [-0.15, -0.1) is 12.4 Å². The highest BCUT2D eigenvalue weighted by molar-refractivity contribution is 6.30. The summed E-state index contributed by atoms with van der Waals surface area (Å²) in [5, 5.41) is 7.28. The smallest absolute Gasteiger partial charge is 0.220 e. The van der Waals surface area contributed by atoms with E-state index in [0.29, 0.717) is 24.8 Å². The van der Waals surface area contributed by atoms with Gasteiger partial charge in [0.05, 0.1) is 0 Å². The molecule has 2 N–H and O–H groups in total. The molecule has 0 spiro atoms. The van der Waals surface area contributed by atoms with Crippen molar-refractivity contribution >= 4 is 29.9 Å². The number of carbonyl (C=O) groups excluding carboxylic acids is 1. The molecule has 1 aromatic carbocycles. The monoisotopic (exact) mass is 372 g/mol. The van der Waals surface area contributed by atoms with Gasteiger partial charge in [-0.1, -0.05) is 44.5 Å². The first-order valence-electron chi connectivity index (χ1n) is 8.62. The van der Waals surface area contributed by atoms with E-state index in [0.717, 1.165) is 18.1 Å². The minimum atomic E-state index is -0.101. The number of nitrogens with one attached hydrogen (secondary N) is 2. The van der Waals surface area contributed by atoms with Gasteiger partial charge in [0.25, 0.3) is 0 Å². The number of benzene rings is 1. The summed E-state index contributed by atoms with van der Waals surface area (Å²) in [5.74, 6) is 1.21. The minimum Gasteiger partial charge on any atom is -0.355 e. The fourth-order valence-corrected chi connectivity index (χ4v) is 3.34. The Hall–Kier alpha value is -0.770. The number of rotatable bonds is 6. The van der Waals surface area contributed by atoms with Crippen molar-refractivity contribution in [1.29, 1.82) is 0 Å². The molecule has 0 radical (unpaired) electrons. The summed E-state index contributed by atoms with van der Waals surface area (Å²) in [7, 11) is 0. The molecule has 1 fully saturated rings. The van der Waals surface area contributed by atoms with E-state index in [-0.39, 0.29) is 23.7 Å². The van der Waals surface area contributed by atoms with Gasteiger partial charge in [0.2, 0.25) is 5.91 Å². The molecule has 1 aliphatic heterocycles. The zero-order valence-corrected chi connectivity index (χ0v) is 16.5. The van der Waals surface area contributed by atoms with E-state index in [1.807, 2.05) is 24.3 Å². The van der Waals surface area contributed by atoms with Gasteiger partial charge in [-0.25, -0.2) is 0 Å². The fraction of sp³-hybridized carbons (Fsp3) is 0.632. The van der Waals surface area contributed by atoms with Crippen LogP contribution in [0.5, 0.6) is 0 Å². The van der Waals surface area contributed by atoms with Crippen molar-refractivity contribution in [1.82, 2.24) is 10.6 Å². The average molecular weight is 373 g/mol. The van der Waals surface area contributed by atoms with E-state index in [4.69, 9.17) is 11.6 Å². The second kappa shape index (κ2) is 9.65. The molecule has 2 rings (SSSR count). The molecule has 0 bridgehead atoms. The zero-order valence-electron chi connectivity index (χ0n) is 14.9. The van der Waals surface area contributed by atoms with E-state index < -0.39 is 0 Å². The van der Waals surface area contributed by atoms with E-state index >= 15 is 0 Å². The van der Waals surface area contributed by atoms with Crippen molar-refractivity contribution in [2.45, 2.75) is 45.4 Å². The van der Waals surface area contributed by atoms with Crippen LogP contribution in [0, 0.1) is 11.8 Å². The molecule has 1 amide bonds. The van der Waals surface area contributed by atoms with Crippen LogP contribution >= 0.6 is 24.0 Å². The molecule has 0 saturated carbocycles. The number of amides is 1. The minimum absolute atomic E-state index is 0. The summed E-state index contributed by atoms with van der Waals surface area (Å²) in [6.07, 6.45) is 3.07. The molecule has 1 heterocycles. The zero-order chi connectivity index (χ0) is 16.9. The number of hydrogen-bond donors (Lipinski definition) is 2. The van der Waals surface area contributed by atoms with Crippen molar-refractivity contribution in [3.05, 3.63) is 34.9 Å². The van der Waals surface area contributed by atoms with Gasteiger partial charge in [0, 0.05) is 23.4 Å². The molecule has 0 aromatic heterocycles. The molecule has 3 nitrogen and oxygen atoms in total. The predicted octanol–water partition coefficient (Wildman–Crippen LogP) is 4.18. The molecule has 1 aromatic rings. The lowest BCUT2D eigenvalue weighted by atomic mass is 9.83. The van der Waals surface area contributed by atoms with Crippen LogP contribution in [0.2, 0.25) is 5.02 Å². The van der Waals surface area contributed by atoms with Crippen molar-refractivity contribution in [3.8, 4) is 0 Å². The third-order valence-corrected chi connectivity index (χ3v) is 5.25. The fourth-order valence-electron chi connectivity index (χ4n) is 3.22. The largest absolute Gasteiger partial charge is 0.355 e. The lowest BCUT2D eigenvalue weighted by Crippen LogP contribution is -2.39. The van der Waals surface area contributed by atoms with Crippen LogP contribution < -0.4 is 10.6 Å². The number of carbonyl (C=O) groups is 1.